The lowest BCUT2D eigenvalue weighted by atomic mass is 10.2. The van der Waals surface area contributed by atoms with Gasteiger partial charge in [-0.25, -0.2) is 9.59 Å². The van der Waals surface area contributed by atoms with E-state index in [1.54, 1.807) is 0 Å². The lowest BCUT2D eigenvalue weighted by molar-refractivity contribution is 0.0697. The topological polar surface area (TPSA) is 72.4 Å². The molecule has 0 amide bonds. The van der Waals surface area contributed by atoms with Crippen molar-refractivity contribution in [1.29, 1.82) is 0 Å². The molecule has 0 aliphatic rings. The van der Waals surface area contributed by atoms with Gasteiger partial charge in [0.1, 0.15) is 0 Å². The van der Waals surface area contributed by atoms with E-state index in [0.29, 0.717) is 17.6 Å². The van der Waals surface area contributed by atoms with E-state index in [-0.39, 0.29) is 5.56 Å². The van der Waals surface area contributed by atoms with Gasteiger partial charge in [0.2, 0.25) is 0 Å². The fourth-order valence-electron chi connectivity index (χ4n) is 1.72. The summed E-state index contributed by atoms with van der Waals surface area (Å²) in [5.41, 5.74) is 1.13. The minimum atomic E-state index is -1.01. The summed E-state index contributed by atoms with van der Waals surface area (Å²) in [7, 11) is 0. The minimum absolute atomic E-state index is 0.156. The van der Waals surface area contributed by atoms with Crippen molar-refractivity contribution in [3.05, 3.63) is 34.3 Å². The highest BCUT2D eigenvalue weighted by molar-refractivity contribution is 5.91. The average molecular weight is 235 g/mol. The number of aromatic nitrogens is 1. The zero-order valence-corrected chi connectivity index (χ0v) is 9.47. The molecule has 90 valence electrons. The van der Waals surface area contributed by atoms with Crippen molar-refractivity contribution in [3.63, 3.8) is 0 Å². The number of nitrogens with zero attached hydrogens (tertiary/aromatic N) is 1. The summed E-state index contributed by atoms with van der Waals surface area (Å²) in [5.74, 6) is -1.45. The standard InChI is InChI=1S/C12H13NO4/c1-2-3-6-13-9-7-8(11(14)15)4-5-10(9)17-12(13)16/h4-5,7H,2-3,6H2,1H3,(H,14,15). The fourth-order valence-corrected chi connectivity index (χ4v) is 1.72. The number of unbranched alkanes of at least 4 members (excludes halogenated alkanes) is 1. The molecule has 0 radical (unpaired) electrons. The van der Waals surface area contributed by atoms with Crippen molar-refractivity contribution in [3.8, 4) is 0 Å². The Morgan fingerprint density at radius 3 is 2.88 bits per heavy atom. The van der Waals surface area contributed by atoms with Crippen LogP contribution in [0.3, 0.4) is 0 Å². The van der Waals surface area contributed by atoms with Gasteiger partial charge >= 0.3 is 11.7 Å². The quantitative estimate of drug-likeness (QED) is 0.880. The van der Waals surface area contributed by atoms with Crippen molar-refractivity contribution in [2.24, 2.45) is 0 Å². The second kappa shape index (κ2) is 4.45. The molecule has 0 spiro atoms. The fraction of sp³-hybridized carbons (Fsp3) is 0.333. The van der Waals surface area contributed by atoms with Crippen LogP contribution in [-0.4, -0.2) is 15.6 Å². The number of aromatic carboxylic acids is 1. The number of carbonyl (C=O) groups is 1. The third kappa shape index (κ3) is 2.08. The van der Waals surface area contributed by atoms with Crippen LogP contribution < -0.4 is 5.76 Å². The van der Waals surface area contributed by atoms with Gasteiger partial charge < -0.3 is 9.52 Å². The number of oxazole rings is 1. The SMILES string of the molecule is CCCCn1c(=O)oc2ccc(C(=O)O)cc21. The zero-order valence-electron chi connectivity index (χ0n) is 9.47. The molecule has 2 rings (SSSR count). The highest BCUT2D eigenvalue weighted by atomic mass is 16.4. The molecule has 0 saturated heterocycles. The third-order valence-electron chi connectivity index (χ3n) is 2.65. The average Bonchev–Trinajstić information content (AvgIpc) is 2.61. The number of benzene rings is 1. The van der Waals surface area contributed by atoms with Crippen molar-refractivity contribution < 1.29 is 14.3 Å². The minimum Gasteiger partial charge on any atom is -0.478 e. The Kier molecular flexibility index (Phi) is 2.99. The van der Waals surface area contributed by atoms with E-state index in [1.165, 1.54) is 22.8 Å². The first-order valence-electron chi connectivity index (χ1n) is 5.50. The molecule has 0 atom stereocenters. The Morgan fingerprint density at radius 2 is 2.24 bits per heavy atom. The molecular formula is C12H13NO4. The van der Waals surface area contributed by atoms with E-state index < -0.39 is 11.7 Å². The summed E-state index contributed by atoms with van der Waals surface area (Å²) in [4.78, 5) is 22.4. The molecule has 2 aromatic rings. The van der Waals surface area contributed by atoms with E-state index in [9.17, 15) is 9.59 Å². The van der Waals surface area contributed by atoms with Gasteiger partial charge in [-0.2, -0.15) is 0 Å². The Morgan fingerprint density at radius 1 is 1.47 bits per heavy atom. The summed E-state index contributed by atoms with van der Waals surface area (Å²) >= 11 is 0. The van der Waals surface area contributed by atoms with Crippen molar-refractivity contribution in [2.75, 3.05) is 0 Å². The van der Waals surface area contributed by atoms with E-state index in [2.05, 4.69) is 0 Å². The Balaban J connectivity index is 2.57. The van der Waals surface area contributed by atoms with Gasteiger partial charge in [-0.3, -0.25) is 4.57 Å². The molecule has 0 bridgehead atoms. The summed E-state index contributed by atoms with van der Waals surface area (Å²) < 4.78 is 6.52. The first kappa shape index (κ1) is 11.4. The van der Waals surface area contributed by atoms with Crippen LogP contribution in [0.5, 0.6) is 0 Å². The molecule has 0 aliphatic heterocycles. The molecule has 5 nitrogen and oxygen atoms in total. The van der Waals surface area contributed by atoms with Crippen molar-refractivity contribution in [2.45, 2.75) is 26.3 Å². The van der Waals surface area contributed by atoms with E-state index in [0.717, 1.165) is 12.8 Å². The first-order valence-corrected chi connectivity index (χ1v) is 5.50. The van der Waals surface area contributed by atoms with Crippen LogP contribution in [0.25, 0.3) is 11.1 Å². The Bertz CT molecular complexity index is 608. The van der Waals surface area contributed by atoms with E-state index in [4.69, 9.17) is 9.52 Å². The first-order chi connectivity index (χ1) is 8.13. The van der Waals surface area contributed by atoms with E-state index in [1.807, 2.05) is 6.92 Å². The van der Waals surface area contributed by atoms with Gasteiger partial charge in [0.25, 0.3) is 0 Å². The molecule has 0 fully saturated rings. The predicted octanol–water partition coefficient (Wildman–Crippen LogP) is 2.09. The van der Waals surface area contributed by atoms with Gasteiger partial charge in [0, 0.05) is 6.54 Å². The molecule has 1 aromatic heterocycles. The van der Waals surface area contributed by atoms with Gasteiger partial charge in [-0.1, -0.05) is 13.3 Å². The molecule has 0 saturated carbocycles. The van der Waals surface area contributed by atoms with Gasteiger partial charge in [0.05, 0.1) is 11.1 Å². The maximum atomic E-state index is 11.6. The number of rotatable bonds is 4. The number of aryl methyl sites for hydroxylation is 1. The van der Waals surface area contributed by atoms with Crippen LogP contribution in [0.1, 0.15) is 30.1 Å². The molecule has 1 heterocycles. The smallest absolute Gasteiger partial charge is 0.419 e. The normalized spacial score (nSPS) is 10.9. The van der Waals surface area contributed by atoms with Crippen LogP contribution in [0.4, 0.5) is 0 Å². The molecule has 1 N–H and O–H groups in total. The summed E-state index contributed by atoms with van der Waals surface area (Å²) in [5, 5.41) is 8.90. The van der Waals surface area contributed by atoms with Crippen LogP contribution in [0, 0.1) is 0 Å². The second-order valence-corrected chi connectivity index (χ2v) is 3.86. The summed E-state index contributed by atoms with van der Waals surface area (Å²) in [6, 6.07) is 4.42. The van der Waals surface area contributed by atoms with Gasteiger partial charge in [-0.05, 0) is 24.6 Å². The zero-order chi connectivity index (χ0) is 12.4. The highest BCUT2D eigenvalue weighted by Gasteiger charge is 2.11. The summed E-state index contributed by atoms with van der Waals surface area (Å²) in [6.07, 6.45) is 1.81. The lowest BCUT2D eigenvalue weighted by Crippen LogP contribution is -2.14. The van der Waals surface area contributed by atoms with Crippen LogP contribution in [0.2, 0.25) is 0 Å². The molecule has 17 heavy (non-hydrogen) atoms. The van der Waals surface area contributed by atoms with E-state index >= 15 is 0 Å². The molecule has 5 heteroatoms. The number of fused-ring (bicyclic) bond motifs is 1. The second-order valence-electron chi connectivity index (χ2n) is 3.86. The summed E-state index contributed by atoms with van der Waals surface area (Å²) in [6.45, 7) is 2.57. The third-order valence-corrected chi connectivity index (χ3v) is 2.65. The number of hydrogen-bond acceptors (Lipinski definition) is 3. The number of carboxylic acids is 1. The van der Waals surface area contributed by atoms with Crippen LogP contribution in [-0.2, 0) is 6.54 Å². The highest BCUT2D eigenvalue weighted by Crippen LogP contribution is 2.15. The predicted molar refractivity (Wildman–Crippen MR) is 62.3 cm³/mol. The monoisotopic (exact) mass is 235 g/mol. The van der Waals surface area contributed by atoms with Gasteiger partial charge in [-0.15, -0.1) is 0 Å². The van der Waals surface area contributed by atoms with Crippen LogP contribution >= 0.6 is 0 Å². The Hall–Kier alpha value is -2.04. The maximum absolute atomic E-state index is 11.6. The number of hydrogen-bond donors (Lipinski definition) is 1. The number of carboxylic acid groups (broad SMARTS) is 1. The van der Waals surface area contributed by atoms with Gasteiger partial charge in [0.15, 0.2) is 5.58 Å². The van der Waals surface area contributed by atoms with Crippen LogP contribution in [0.15, 0.2) is 27.4 Å². The molecular weight excluding hydrogens is 222 g/mol. The Labute approximate surface area is 97.3 Å². The molecule has 0 unspecified atom stereocenters. The van der Waals surface area contributed by atoms with Crippen molar-refractivity contribution >= 4 is 17.1 Å². The van der Waals surface area contributed by atoms with Crippen molar-refractivity contribution in [1.82, 2.24) is 4.57 Å². The molecule has 0 aliphatic carbocycles. The maximum Gasteiger partial charge on any atom is 0.419 e. The largest absolute Gasteiger partial charge is 0.478 e. The molecule has 1 aromatic carbocycles. The lowest BCUT2D eigenvalue weighted by Gasteiger charge is -2.00.